The van der Waals surface area contributed by atoms with Crippen molar-refractivity contribution >= 4 is 46.2 Å². The molecule has 2 rings (SSSR count). The molecule has 0 N–H and O–H groups in total. The van der Waals surface area contributed by atoms with Crippen LogP contribution in [0.5, 0.6) is 0 Å². The molecule has 0 aromatic carbocycles. The summed E-state index contributed by atoms with van der Waals surface area (Å²) in [7, 11) is 1.33. The third kappa shape index (κ3) is 3.45. The van der Waals surface area contributed by atoms with Gasteiger partial charge in [0, 0.05) is 0 Å². The summed E-state index contributed by atoms with van der Waals surface area (Å²) in [6.45, 7) is 11.4. The fraction of sp³-hybridized carbons (Fsp3) is 0.438. The Morgan fingerprint density at radius 2 is 2.22 bits per heavy atom. The minimum absolute atomic E-state index is 0.414. The van der Waals surface area contributed by atoms with Gasteiger partial charge in [-0.3, -0.25) is 4.99 Å². The molecule has 0 fully saturated rings. The van der Waals surface area contributed by atoms with Crippen LogP contribution in [0.4, 0.5) is 0 Å². The number of nitrogens with zero attached hydrogens (tertiary/aromatic N) is 2. The first-order valence-electron chi connectivity index (χ1n) is 7.12. The SMILES string of the molecule is [C-]#[N+]C1C(C)=NC(CCC)=C(C(=O)OC)C1c1cc(Cl)sc1Cl. The number of halogens is 2. The predicted molar refractivity (Wildman–Crippen MR) is 94.5 cm³/mol. The third-order valence-electron chi connectivity index (χ3n) is 3.73. The van der Waals surface area contributed by atoms with Crippen LogP contribution in [0.15, 0.2) is 22.3 Å². The number of aliphatic imine (C=N–C) groups is 1. The topological polar surface area (TPSA) is 43.0 Å². The molecule has 1 aliphatic rings. The van der Waals surface area contributed by atoms with Crippen LogP contribution in [0, 0.1) is 6.57 Å². The molecule has 1 aromatic heterocycles. The molecule has 23 heavy (non-hydrogen) atoms. The van der Waals surface area contributed by atoms with Gasteiger partial charge in [0.25, 0.3) is 6.04 Å². The Morgan fingerprint density at radius 1 is 1.52 bits per heavy atom. The number of methoxy groups -OCH3 is 1. The van der Waals surface area contributed by atoms with Crippen molar-refractivity contribution in [3.05, 3.63) is 43.0 Å². The molecule has 2 unspecified atom stereocenters. The van der Waals surface area contributed by atoms with Gasteiger partial charge in [-0.2, -0.15) is 0 Å². The van der Waals surface area contributed by atoms with Crippen LogP contribution < -0.4 is 0 Å². The average Bonchev–Trinajstić information content (AvgIpc) is 2.84. The predicted octanol–water partition coefficient (Wildman–Crippen LogP) is 5.13. The number of allylic oxidation sites excluding steroid dienone is 1. The lowest BCUT2D eigenvalue weighted by atomic mass is 9.80. The van der Waals surface area contributed by atoms with Gasteiger partial charge in [-0.05, 0) is 25.0 Å². The highest BCUT2D eigenvalue weighted by Crippen LogP contribution is 2.45. The number of esters is 1. The molecule has 4 nitrogen and oxygen atoms in total. The lowest BCUT2D eigenvalue weighted by molar-refractivity contribution is -0.136. The second-order valence-corrected chi connectivity index (χ2v) is 7.47. The zero-order chi connectivity index (χ0) is 17.1. The van der Waals surface area contributed by atoms with Gasteiger partial charge in [0.05, 0.1) is 32.8 Å². The third-order valence-corrected chi connectivity index (χ3v) is 5.24. The van der Waals surface area contributed by atoms with E-state index in [0.717, 1.165) is 6.42 Å². The van der Waals surface area contributed by atoms with Gasteiger partial charge >= 0.3 is 5.97 Å². The zero-order valence-corrected chi connectivity index (χ0v) is 15.3. The van der Waals surface area contributed by atoms with Crippen molar-refractivity contribution in [2.45, 2.75) is 38.6 Å². The smallest absolute Gasteiger partial charge is 0.336 e. The number of carbonyl (C=O) groups excluding carboxylic acids is 1. The molecule has 0 radical (unpaired) electrons. The van der Waals surface area contributed by atoms with E-state index in [1.165, 1.54) is 18.4 Å². The minimum atomic E-state index is -0.590. The van der Waals surface area contributed by atoms with Gasteiger partial charge < -0.3 is 9.58 Å². The van der Waals surface area contributed by atoms with E-state index >= 15 is 0 Å². The van der Waals surface area contributed by atoms with Crippen LogP contribution in [0.1, 0.15) is 38.2 Å². The molecule has 0 saturated carbocycles. The molecule has 0 saturated heterocycles. The van der Waals surface area contributed by atoms with Gasteiger partial charge in [0.1, 0.15) is 5.92 Å². The van der Waals surface area contributed by atoms with Crippen molar-refractivity contribution in [1.82, 2.24) is 0 Å². The number of thiophene rings is 1. The molecular weight excluding hydrogens is 355 g/mol. The Kier molecular flexibility index (Phi) is 5.85. The molecule has 1 aromatic rings. The van der Waals surface area contributed by atoms with Crippen molar-refractivity contribution in [3.8, 4) is 0 Å². The summed E-state index contributed by atoms with van der Waals surface area (Å²) in [5, 5.41) is 0. The summed E-state index contributed by atoms with van der Waals surface area (Å²) in [6.07, 6.45) is 1.47. The first-order valence-corrected chi connectivity index (χ1v) is 8.69. The maximum Gasteiger partial charge on any atom is 0.336 e. The first-order chi connectivity index (χ1) is 10.9. The summed E-state index contributed by atoms with van der Waals surface area (Å²) in [5.74, 6) is -0.975. The molecule has 0 bridgehead atoms. The van der Waals surface area contributed by atoms with E-state index in [9.17, 15) is 4.79 Å². The standard InChI is InChI=1S/C16H16Cl2N2O2S/c1-5-6-10-13(16(21)22-4)12(14(19-3)8(2)20-10)9-7-11(17)23-15(9)18/h7,12,14H,5-6H2,1-2,4H3. The molecule has 7 heteroatoms. The van der Waals surface area contributed by atoms with E-state index in [1.807, 2.05) is 6.92 Å². The highest BCUT2D eigenvalue weighted by molar-refractivity contribution is 7.20. The van der Waals surface area contributed by atoms with Crippen molar-refractivity contribution < 1.29 is 9.53 Å². The van der Waals surface area contributed by atoms with E-state index in [1.54, 1.807) is 13.0 Å². The molecule has 1 aliphatic heterocycles. The minimum Gasteiger partial charge on any atom is -0.466 e. The fourth-order valence-corrected chi connectivity index (χ4v) is 4.31. The Labute approximate surface area is 149 Å². The number of rotatable bonds is 4. The second kappa shape index (κ2) is 7.48. The summed E-state index contributed by atoms with van der Waals surface area (Å²) < 4.78 is 5.96. The maximum absolute atomic E-state index is 12.4. The lowest BCUT2D eigenvalue weighted by Gasteiger charge is -2.26. The van der Waals surface area contributed by atoms with Crippen molar-refractivity contribution in [2.75, 3.05) is 7.11 Å². The molecule has 0 aliphatic carbocycles. The van der Waals surface area contributed by atoms with Crippen LogP contribution in [0.3, 0.4) is 0 Å². The van der Waals surface area contributed by atoms with Crippen LogP contribution >= 0.6 is 34.5 Å². The Balaban J connectivity index is 2.70. The molecule has 122 valence electrons. The van der Waals surface area contributed by atoms with E-state index < -0.39 is 17.9 Å². The van der Waals surface area contributed by atoms with Crippen molar-refractivity contribution in [2.24, 2.45) is 4.99 Å². The summed E-state index contributed by atoms with van der Waals surface area (Å²) >= 11 is 13.6. The largest absolute Gasteiger partial charge is 0.466 e. The molecule has 2 heterocycles. The fourth-order valence-electron chi connectivity index (χ4n) is 2.76. The maximum atomic E-state index is 12.4. The number of hydrogen-bond acceptors (Lipinski definition) is 4. The van der Waals surface area contributed by atoms with Crippen molar-refractivity contribution in [3.63, 3.8) is 0 Å². The van der Waals surface area contributed by atoms with E-state index in [0.29, 0.717) is 37.6 Å². The quantitative estimate of drug-likeness (QED) is 0.544. The van der Waals surface area contributed by atoms with Crippen LogP contribution in [0.2, 0.25) is 8.67 Å². The number of carbonyl (C=O) groups is 1. The van der Waals surface area contributed by atoms with E-state index in [4.69, 9.17) is 34.5 Å². The molecule has 2 atom stereocenters. The Morgan fingerprint density at radius 3 is 2.70 bits per heavy atom. The highest BCUT2D eigenvalue weighted by atomic mass is 35.5. The second-order valence-electron chi connectivity index (χ2n) is 5.19. The molecule has 0 amide bonds. The van der Waals surface area contributed by atoms with Gasteiger partial charge in [-0.1, -0.05) is 36.5 Å². The van der Waals surface area contributed by atoms with E-state index in [2.05, 4.69) is 9.84 Å². The van der Waals surface area contributed by atoms with E-state index in [-0.39, 0.29) is 0 Å². The van der Waals surface area contributed by atoms with Crippen LogP contribution in [-0.4, -0.2) is 24.8 Å². The Hall–Kier alpha value is -1.35. The summed E-state index contributed by atoms with van der Waals surface area (Å²) in [5.41, 5.74) is 2.45. The molecular formula is C16H16Cl2N2O2S. The van der Waals surface area contributed by atoms with Crippen LogP contribution in [-0.2, 0) is 9.53 Å². The number of ether oxygens (including phenoxy) is 1. The number of hydrogen-bond donors (Lipinski definition) is 0. The van der Waals surface area contributed by atoms with Gasteiger partial charge in [-0.25, -0.2) is 11.4 Å². The van der Waals surface area contributed by atoms with Gasteiger partial charge in [0.15, 0.2) is 0 Å². The van der Waals surface area contributed by atoms with Gasteiger partial charge in [0.2, 0.25) is 0 Å². The van der Waals surface area contributed by atoms with Crippen molar-refractivity contribution in [1.29, 1.82) is 0 Å². The highest BCUT2D eigenvalue weighted by Gasteiger charge is 2.43. The lowest BCUT2D eigenvalue weighted by Crippen LogP contribution is -2.32. The summed E-state index contributed by atoms with van der Waals surface area (Å²) in [4.78, 5) is 20.6. The first kappa shape index (κ1) is 18.0. The Bertz CT molecular complexity index is 731. The monoisotopic (exact) mass is 370 g/mol. The van der Waals surface area contributed by atoms with Gasteiger partial charge in [-0.15, -0.1) is 11.3 Å². The summed E-state index contributed by atoms with van der Waals surface area (Å²) in [6, 6.07) is 1.13. The average molecular weight is 371 g/mol. The molecule has 0 spiro atoms. The normalized spacial score (nSPS) is 21.0. The van der Waals surface area contributed by atoms with Crippen LogP contribution in [0.25, 0.3) is 4.85 Å². The zero-order valence-electron chi connectivity index (χ0n) is 13.0.